The van der Waals surface area contributed by atoms with Crippen molar-refractivity contribution < 1.29 is 4.84 Å². The zero-order valence-corrected chi connectivity index (χ0v) is 8.86. The van der Waals surface area contributed by atoms with Gasteiger partial charge in [0.2, 0.25) is 0 Å². The summed E-state index contributed by atoms with van der Waals surface area (Å²) in [7, 11) is 0. The van der Waals surface area contributed by atoms with Crippen LogP contribution in [-0.2, 0) is 11.3 Å². The minimum atomic E-state index is 0.567. The van der Waals surface area contributed by atoms with E-state index in [0.29, 0.717) is 5.92 Å². The van der Waals surface area contributed by atoms with Crippen molar-refractivity contribution >= 4 is 0 Å². The van der Waals surface area contributed by atoms with E-state index in [1.54, 1.807) is 0 Å². The first kappa shape index (κ1) is 11.1. The molecule has 0 spiro atoms. The molecule has 0 aliphatic rings. The Balaban J connectivity index is 2.05. The van der Waals surface area contributed by atoms with Crippen LogP contribution in [0.3, 0.4) is 0 Å². The van der Waals surface area contributed by atoms with Gasteiger partial charge in [-0.1, -0.05) is 19.9 Å². The van der Waals surface area contributed by atoms with Gasteiger partial charge in [-0.25, -0.2) is 5.48 Å². The zero-order valence-electron chi connectivity index (χ0n) is 8.86. The highest BCUT2D eigenvalue weighted by atomic mass is 16.6. The number of nitrogens with zero attached hydrogens (tertiary/aromatic N) is 1. The van der Waals surface area contributed by atoms with Gasteiger partial charge in [-0.15, -0.1) is 0 Å². The van der Waals surface area contributed by atoms with E-state index in [4.69, 9.17) is 4.84 Å². The molecule has 1 rings (SSSR count). The van der Waals surface area contributed by atoms with Gasteiger partial charge in [0.1, 0.15) is 0 Å². The van der Waals surface area contributed by atoms with Gasteiger partial charge in [0.15, 0.2) is 0 Å². The van der Waals surface area contributed by atoms with Gasteiger partial charge in [-0.2, -0.15) is 0 Å². The number of hydroxylamine groups is 1. The van der Waals surface area contributed by atoms with Crippen molar-refractivity contribution in [1.82, 2.24) is 10.5 Å². The Labute approximate surface area is 85.5 Å². The SMILES string of the molecule is CC(C)CONCCc1ccccn1. The highest BCUT2D eigenvalue weighted by Crippen LogP contribution is 1.94. The molecule has 0 aliphatic carbocycles. The standard InChI is InChI=1S/C11H18N2O/c1-10(2)9-14-13-8-6-11-5-3-4-7-12-11/h3-5,7,10,13H,6,8-9H2,1-2H3. The van der Waals surface area contributed by atoms with Crippen molar-refractivity contribution in [1.29, 1.82) is 0 Å². The molecule has 0 aliphatic heterocycles. The summed E-state index contributed by atoms with van der Waals surface area (Å²) in [4.78, 5) is 9.45. The summed E-state index contributed by atoms with van der Waals surface area (Å²) in [6.45, 7) is 5.81. The van der Waals surface area contributed by atoms with Crippen LogP contribution >= 0.6 is 0 Å². The highest BCUT2D eigenvalue weighted by molar-refractivity contribution is 5.03. The normalized spacial score (nSPS) is 10.8. The fourth-order valence-electron chi connectivity index (χ4n) is 1.02. The highest BCUT2D eigenvalue weighted by Gasteiger charge is 1.94. The Morgan fingerprint density at radius 2 is 2.29 bits per heavy atom. The molecule has 1 N–H and O–H groups in total. The van der Waals surface area contributed by atoms with E-state index in [9.17, 15) is 0 Å². The molecule has 0 fully saturated rings. The molecule has 14 heavy (non-hydrogen) atoms. The second kappa shape index (κ2) is 6.51. The predicted molar refractivity (Wildman–Crippen MR) is 56.7 cm³/mol. The van der Waals surface area contributed by atoms with Gasteiger partial charge in [0, 0.05) is 24.9 Å². The molecule has 3 nitrogen and oxygen atoms in total. The Bertz CT molecular complexity index is 236. The van der Waals surface area contributed by atoms with Crippen molar-refractivity contribution in [3.05, 3.63) is 30.1 Å². The maximum absolute atomic E-state index is 5.24. The lowest BCUT2D eigenvalue weighted by molar-refractivity contribution is 0.0245. The lowest BCUT2D eigenvalue weighted by Gasteiger charge is -2.07. The van der Waals surface area contributed by atoms with Crippen LogP contribution in [0.5, 0.6) is 0 Å². The van der Waals surface area contributed by atoms with Crippen molar-refractivity contribution in [3.8, 4) is 0 Å². The fourth-order valence-corrected chi connectivity index (χ4v) is 1.02. The average Bonchev–Trinajstić information content (AvgIpc) is 2.18. The van der Waals surface area contributed by atoms with E-state index >= 15 is 0 Å². The predicted octanol–water partition coefficient (Wildman–Crippen LogP) is 1.80. The Kier molecular flexibility index (Phi) is 5.19. The summed E-state index contributed by atoms with van der Waals surface area (Å²) >= 11 is 0. The van der Waals surface area contributed by atoms with E-state index in [0.717, 1.165) is 25.3 Å². The monoisotopic (exact) mass is 194 g/mol. The fraction of sp³-hybridized carbons (Fsp3) is 0.545. The first-order chi connectivity index (χ1) is 6.79. The van der Waals surface area contributed by atoms with E-state index < -0.39 is 0 Å². The van der Waals surface area contributed by atoms with Crippen LogP contribution in [0.2, 0.25) is 0 Å². The molecule has 1 aromatic heterocycles. The maximum Gasteiger partial charge on any atom is 0.0705 e. The quantitative estimate of drug-likeness (QED) is 0.554. The molecule has 0 bridgehead atoms. The first-order valence-electron chi connectivity index (χ1n) is 5.03. The smallest absolute Gasteiger partial charge is 0.0705 e. The lowest BCUT2D eigenvalue weighted by Crippen LogP contribution is -2.20. The molecule has 0 amide bonds. The number of hydrogen-bond acceptors (Lipinski definition) is 3. The van der Waals surface area contributed by atoms with Crippen LogP contribution < -0.4 is 5.48 Å². The first-order valence-corrected chi connectivity index (χ1v) is 5.03. The summed E-state index contributed by atoms with van der Waals surface area (Å²) in [5.74, 6) is 0.567. The van der Waals surface area contributed by atoms with Gasteiger partial charge >= 0.3 is 0 Å². The third-order valence-corrected chi connectivity index (χ3v) is 1.73. The Hall–Kier alpha value is -0.930. The lowest BCUT2D eigenvalue weighted by atomic mass is 10.2. The summed E-state index contributed by atoms with van der Waals surface area (Å²) in [5, 5.41) is 0. The molecule has 0 atom stereocenters. The average molecular weight is 194 g/mol. The largest absolute Gasteiger partial charge is 0.302 e. The number of nitrogens with one attached hydrogen (secondary N) is 1. The van der Waals surface area contributed by atoms with Gasteiger partial charge in [-0.3, -0.25) is 4.98 Å². The number of hydrogen-bond donors (Lipinski definition) is 1. The van der Waals surface area contributed by atoms with E-state index in [1.807, 2.05) is 24.4 Å². The molecular formula is C11H18N2O. The Morgan fingerprint density at radius 3 is 2.93 bits per heavy atom. The topological polar surface area (TPSA) is 34.1 Å². The van der Waals surface area contributed by atoms with Gasteiger partial charge < -0.3 is 4.84 Å². The molecule has 3 heteroatoms. The molecule has 0 saturated heterocycles. The van der Waals surface area contributed by atoms with Crippen LogP contribution in [0.15, 0.2) is 24.4 Å². The van der Waals surface area contributed by atoms with E-state index in [1.165, 1.54) is 0 Å². The zero-order chi connectivity index (χ0) is 10.2. The van der Waals surface area contributed by atoms with Gasteiger partial charge in [-0.05, 0) is 18.1 Å². The summed E-state index contributed by atoms with van der Waals surface area (Å²) in [6, 6.07) is 5.94. The molecule has 1 heterocycles. The molecule has 0 radical (unpaired) electrons. The van der Waals surface area contributed by atoms with Crippen LogP contribution in [0.25, 0.3) is 0 Å². The van der Waals surface area contributed by atoms with Crippen LogP contribution in [0, 0.1) is 5.92 Å². The minimum Gasteiger partial charge on any atom is -0.302 e. The minimum absolute atomic E-state index is 0.567. The summed E-state index contributed by atoms with van der Waals surface area (Å²) < 4.78 is 0. The Morgan fingerprint density at radius 1 is 1.43 bits per heavy atom. The van der Waals surface area contributed by atoms with Crippen LogP contribution in [-0.4, -0.2) is 18.1 Å². The number of rotatable bonds is 6. The summed E-state index contributed by atoms with van der Waals surface area (Å²) in [5.41, 5.74) is 4.02. The third kappa shape index (κ3) is 4.94. The maximum atomic E-state index is 5.24. The third-order valence-electron chi connectivity index (χ3n) is 1.73. The molecule has 78 valence electrons. The molecular weight excluding hydrogens is 176 g/mol. The summed E-state index contributed by atoms with van der Waals surface area (Å²) in [6.07, 6.45) is 2.71. The second-order valence-electron chi connectivity index (χ2n) is 3.67. The second-order valence-corrected chi connectivity index (χ2v) is 3.67. The number of aromatic nitrogens is 1. The van der Waals surface area contributed by atoms with Crippen molar-refractivity contribution in [2.75, 3.05) is 13.2 Å². The van der Waals surface area contributed by atoms with Crippen molar-refractivity contribution in [2.24, 2.45) is 5.92 Å². The van der Waals surface area contributed by atoms with E-state index in [2.05, 4.69) is 24.3 Å². The van der Waals surface area contributed by atoms with Crippen molar-refractivity contribution in [3.63, 3.8) is 0 Å². The molecule has 0 unspecified atom stereocenters. The molecule has 0 aromatic carbocycles. The number of pyridine rings is 1. The van der Waals surface area contributed by atoms with E-state index in [-0.39, 0.29) is 0 Å². The van der Waals surface area contributed by atoms with Crippen molar-refractivity contribution in [2.45, 2.75) is 20.3 Å². The molecule has 1 aromatic rings. The van der Waals surface area contributed by atoms with Gasteiger partial charge in [0.05, 0.1) is 6.61 Å². The van der Waals surface area contributed by atoms with Gasteiger partial charge in [0.25, 0.3) is 0 Å². The van der Waals surface area contributed by atoms with Crippen LogP contribution in [0.4, 0.5) is 0 Å². The molecule has 0 saturated carbocycles. The van der Waals surface area contributed by atoms with Crippen LogP contribution in [0.1, 0.15) is 19.5 Å².